The van der Waals surface area contributed by atoms with Gasteiger partial charge in [-0.15, -0.1) is 6.42 Å². The summed E-state index contributed by atoms with van der Waals surface area (Å²) < 4.78 is 0. The molecule has 0 spiro atoms. The van der Waals surface area contributed by atoms with Gasteiger partial charge in [-0.3, -0.25) is 0 Å². The largest absolute Gasteiger partial charge is 0.376 e. The van der Waals surface area contributed by atoms with Gasteiger partial charge in [-0.2, -0.15) is 0 Å². The van der Waals surface area contributed by atoms with Gasteiger partial charge in [0, 0.05) is 0 Å². The Bertz CT molecular complexity index is 394. The fourth-order valence-corrected chi connectivity index (χ4v) is 2.64. The standard InChI is InChI=1S/C17H26O/c1-7-16(18)15-9-8-14(17(4,5)6)11-13(15)10-12(2)3/h1,10,14,16,18H,8-9,11H2,2-6H3. The predicted molar refractivity (Wildman–Crippen MR) is 78.1 cm³/mol. The third-order valence-corrected chi connectivity index (χ3v) is 3.82. The molecule has 0 aliphatic heterocycles. The third-order valence-electron chi connectivity index (χ3n) is 3.82. The summed E-state index contributed by atoms with van der Waals surface area (Å²) >= 11 is 0. The highest BCUT2D eigenvalue weighted by Crippen LogP contribution is 2.41. The number of rotatable bonds is 2. The van der Waals surface area contributed by atoms with Gasteiger partial charge in [-0.1, -0.05) is 38.3 Å². The van der Waals surface area contributed by atoms with Gasteiger partial charge in [0.05, 0.1) is 0 Å². The highest BCUT2D eigenvalue weighted by atomic mass is 16.3. The van der Waals surface area contributed by atoms with Crippen molar-refractivity contribution < 1.29 is 5.11 Å². The van der Waals surface area contributed by atoms with E-state index in [-0.39, 0.29) is 0 Å². The first kappa shape index (κ1) is 15.1. The van der Waals surface area contributed by atoms with E-state index in [9.17, 15) is 5.11 Å². The minimum Gasteiger partial charge on any atom is -0.376 e. The van der Waals surface area contributed by atoms with Gasteiger partial charge in [0.1, 0.15) is 6.10 Å². The zero-order valence-corrected chi connectivity index (χ0v) is 12.4. The van der Waals surface area contributed by atoms with Crippen molar-refractivity contribution in [2.45, 2.75) is 60.0 Å². The second kappa shape index (κ2) is 5.76. The Kier molecular flexibility index (Phi) is 4.82. The minimum absolute atomic E-state index is 0.313. The predicted octanol–water partition coefficient (Wildman–Crippen LogP) is 4.09. The normalized spacial score (nSPS) is 22.4. The SMILES string of the molecule is C#CC(O)C1=C(C=C(C)C)CC(C(C)(C)C)CC1. The maximum atomic E-state index is 9.93. The van der Waals surface area contributed by atoms with E-state index in [1.165, 1.54) is 11.1 Å². The molecule has 0 bridgehead atoms. The van der Waals surface area contributed by atoms with Crippen molar-refractivity contribution in [3.63, 3.8) is 0 Å². The second-order valence-electron chi connectivity index (χ2n) is 6.65. The maximum Gasteiger partial charge on any atom is 0.136 e. The Hall–Kier alpha value is -1.00. The van der Waals surface area contributed by atoms with Gasteiger partial charge >= 0.3 is 0 Å². The van der Waals surface area contributed by atoms with E-state index in [2.05, 4.69) is 46.6 Å². The minimum atomic E-state index is -0.712. The van der Waals surface area contributed by atoms with Crippen LogP contribution < -0.4 is 0 Å². The van der Waals surface area contributed by atoms with Crippen LogP contribution in [0.4, 0.5) is 0 Å². The van der Waals surface area contributed by atoms with Crippen LogP contribution >= 0.6 is 0 Å². The lowest BCUT2D eigenvalue weighted by Crippen LogP contribution is -2.26. The zero-order valence-electron chi connectivity index (χ0n) is 12.4. The lowest BCUT2D eigenvalue weighted by Gasteiger charge is -2.36. The van der Waals surface area contributed by atoms with Gasteiger partial charge in [0.15, 0.2) is 0 Å². The van der Waals surface area contributed by atoms with Crippen LogP contribution in [0.15, 0.2) is 22.8 Å². The monoisotopic (exact) mass is 246 g/mol. The molecule has 0 fully saturated rings. The number of hydrogen-bond donors (Lipinski definition) is 1. The molecule has 0 aromatic carbocycles. The average Bonchev–Trinajstić information content (AvgIpc) is 2.26. The van der Waals surface area contributed by atoms with E-state index < -0.39 is 6.10 Å². The molecule has 100 valence electrons. The Labute approximate surface area is 112 Å². The van der Waals surface area contributed by atoms with Crippen molar-refractivity contribution in [1.29, 1.82) is 0 Å². The molecule has 2 atom stereocenters. The van der Waals surface area contributed by atoms with E-state index in [0.29, 0.717) is 11.3 Å². The van der Waals surface area contributed by atoms with Crippen molar-refractivity contribution in [2.75, 3.05) is 0 Å². The van der Waals surface area contributed by atoms with Crippen LogP contribution in [0.2, 0.25) is 0 Å². The van der Waals surface area contributed by atoms with Crippen LogP contribution in [0, 0.1) is 23.7 Å². The molecule has 1 N–H and O–H groups in total. The zero-order chi connectivity index (χ0) is 13.9. The Morgan fingerprint density at radius 3 is 2.50 bits per heavy atom. The molecule has 1 rings (SSSR count). The molecule has 1 aliphatic rings. The van der Waals surface area contributed by atoms with Crippen LogP contribution in [0.1, 0.15) is 53.9 Å². The van der Waals surface area contributed by atoms with Crippen LogP contribution in [0.3, 0.4) is 0 Å². The fourth-order valence-electron chi connectivity index (χ4n) is 2.64. The summed E-state index contributed by atoms with van der Waals surface area (Å²) in [6.45, 7) is 11.1. The van der Waals surface area contributed by atoms with E-state index in [4.69, 9.17) is 6.42 Å². The summed E-state index contributed by atoms with van der Waals surface area (Å²) in [5.74, 6) is 3.12. The first-order valence-corrected chi connectivity index (χ1v) is 6.76. The highest BCUT2D eigenvalue weighted by molar-refractivity contribution is 5.36. The summed E-state index contributed by atoms with van der Waals surface area (Å²) in [4.78, 5) is 0. The Morgan fingerprint density at radius 2 is 2.06 bits per heavy atom. The van der Waals surface area contributed by atoms with Crippen LogP contribution in [-0.2, 0) is 0 Å². The molecule has 1 aliphatic carbocycles. The summed E-state index contributed by atoms with van der Waals surface area (Å²) in [7, 11) is 0. The molecular weight excluding hydrogens is 220 g/mol. The molecule has 0 aromatic rings. The van der Waals surface area contributed by atoms with E-state index in [0.717, 1.165) is 24.8 Å². The summed E-state index contributed by atoms with van der Waals surface area (Å²) in [5, 5.41) is 9.93. The van der Waals surface area contributed by atoms with Gasteiger partial charge in [0.25, 0.3) is 0 Å². The fraction of sp³-hybridized carbons (Fsp3) is 0.647. The molecule has 0 saturated carbocycles. The van der Waals surface area contributed by atoms with E-state index in [1.807, 2.05) is 0 Å². The highest BCUT2D eigenvalue weighted by Gasteiger charge is 2.30. The number of allylic oxidation sites excluding steroid dienone is 3. The first-order valence-electron chi connectivity index (χ1n) is 6.76. The number of aliphatic hydroxyl groups excluding tert-OH is 1. The molecule has 1 heteroatoms. The van der Waals surface area contributed by atoms with Gasteiger partial charge in [0.2, 0.25) is 0 Å². The van der Waals surface area contributed by atoms with Gasteiger partial charge in [-0.05, 0) is 55.6 Å². The quantitative estimate of drug-likeness (QED) is 0.728. The molecule has 2 unspecified atom stereocenters. The molecule has 0 radical (unpaired) electrons. The lowest BCUT2D eigenvalue weighted by molar-refractivity contribution is 0.200. The lowest BCUT2D eigenvalue weighted by atomic mass is 9.70. The van der Waals surface area contributed by atoms with E-state index in [1.54, 1.807) is 0 Å². The van der Waals surface area contributed by atoms with Crippen LogP contribution in [0.5, 0.6) is 0 Å². The molecule has 18 heavy (non-hydrogen) atoms. The molecule has 0 amide bonds. The van der Waals surface area contributed by atoms with Crippen LogP contribution in [-0.4, -0.2) is 11.2 Å². The molecule has 0 saturated heterocycles. The van der Waals surface area contributed by atoms with Crippen molar-refractivity contribution >= 4 is 0 Å². The van der Waals surface area contributed by atoms with E-state index >= 15 is 0 Å². The molecule has 0 aromatic heterocycles. The average molecular weight is 246 g/mol. The van der Waals surface area contributed by atoms with Crippen molar-refractivity contribution in [1.82, 2.24) is 0 Å². The third kappa shape index (κ3) is 3.75. The Balaban J connectivity index is 3.08. The first-order chi connectivity index (χ1) is 8.25. The number of terminal acetylenes is 1. The topological polar surface area (TPSA) is 20.2 Å². The molecule has 0 heterocycles. The number of hydrogen-bond acceptors (Lipinski definition) is 1. The number of aliphatic hydroxyl groups is 1. The molecule has 1 nitrogen and oxygen atoms in total. The maximum absolute atomic E-state index is 9.93. The summed E-state index contributed by atoms with van der Waals surface area (Å²) in [6.07, 6.45) is 9.91. The second-order valence-corrected chi connectivity index (χ2v) is 6.65. The van der Waals surface area contributed by atoms with Crippen molar-refractivity contribution in [3.05, 3.63) is 22.8 Å². The molecular formula is C17H26O. The van der Waals surface area contributed by atoms with Crippen LogP contribution in [0.25, 0.3) is 0 Å². The summed E-state index contributed by atoms with van der Waals surface area (Å²) in [5.41, 5.74) is 3.89. The van der Waals surface area contributed by atoms with Gasteiger partial charge in [-0.25, -0.2) is 0 Å². The smallest absolute Gasteiger partial charge is 0.136 e. The van der Waals surface area contributed by atoms with Crippen molar-refractivity contribution in [2.24, 2.45) is 11.3 Å². The summed E-state index contributed by atoms with van der Waals surface area (Å²) in [6, 6.07) is 0. The Morgan fingerprint density at radius 1 is 1.44 bits per heavy atom. The van der Waals surface area contributed by atoms with Gasteiger partial charge < -0.3 is 5.11 Å². The van der Waals surface area contributed by atoms with Crippen molar-refractivity contribution in [3.8, 4) is 12.3 Å².